The van der Waals surface area contributed by atoms with Gasteiger partial charge in [-0.2, -0.15) is 0 Å². The van der Waals surface area contributed by atoms with Crippen molar-refractivity contribution in [2.45, 2.75) is 37.0 Å². The van der Waals surface area contributed by atoms with Crippen molar-refractivity contribution in [3.63, 3.8) is 0 Å². The fourth-order valence-corrected chi connectivity index (χ4v) is 5.87. The van der Waals surface area contributed by atoms with E-state index >= 15 is 0 Å². The van der Waals surface area contributed by atoms with E-state index in [4.69, 9.17) is 16.3 Å². The molecule has 1 aromatic heterocycles. The Morgan fingerprint density at radius 3 is 2.59 bits per heavy atom. The molecule has 2 saturated heterocycles. The summed E-state index contributed by atoms with van der Waals surface area (Å²) in [5, 5.41) is 4.71. The summed E-state index contributed by atoms with van der Waals surface area (Å²) in [5.74, 6) is 0.766. The molecule has 7 nitrogen and oxygen atoms in total. The van der Waals surface area contributed by atoms with Crippen LogP contribution in [0.4, 0.5) is 5.82 Å². The lowest BCUT2D eigenvalue weighted by molar-refractivity contribution is 0.0969. The van der Waals surface area contributed by atoms with Crippen LogP contribution >= 0.6 is 11.6 Å². The molecule has 146 valence electrons. The molecule has 1 N–H and O–H groups in total. The molecule has 9 heteroatoms. The van der Waals surface area contributed by atoms with Crippen LogP contribution < -0.4 is 5.32 Å². The molecule has 0 radical (unpaired) electrons. The van der Waals surface area contributed by atoms with Gasteiger partial charge in [-0.15, -0.1) is 0 Å². The second-order valence-corrected chi connectivity index (χ2v) is 9.71. The molecule has 27 heavy (non-hydrogen) atoms. The third-order valence-electron chi connectivity index (χ3n) is 5.34. The number of hydrogen-bond acceptors (Lipinski definition) is 6. The summed E-state index contributed by atoms with van der Waals surface area (Å²) in [6, 6.07) is 5.72. The Bertz CT molecular complexity index is 910. The Labute approximate surface area is 164 Å². The lowest BCUT2D eigenvalue weighted by Crippen LogP contribution is -2.47. The summed E-state index contributed by atoms with van der Waals surface area (Å²) in [4.78, 5) is 8.62. The van der Waals surface area contributed by atoms with E-state index in [1.807, 2.05) is 18.2 Å². The molecule has 0 spiro atoms. The van der Waals surface area contributed by atoms with Gasteiger partial charge in [0.15, 0.2) is 0 Å². The molecule has 0 amide bonds. The zero-order valence-corrected chi connectivity index (χ0v) is 16.5. The van der Waals surface area contributed by atoms with Crippen LogP contribution in [0.2, 0.25) is 5.02 Å². The maximum Gasteiger partial charge on any atom is 0.217 e. The van der Waals surface area contributed by atoms with E-state index in [0.717, 1.165) is 29.6 Å². The molecule has 0 unspecified atom stereocenters. The van der Waals surface area contributed by atoms with E-state index < -0.39 is 10.0 Å². The number of rotatable bonds is 4. The molecular formula is C18H23ClN4O3S. The standard InChI is InChI=1S/C18H23ClN4O3S/c19-13-1-2-16-17(11-13)20-12-21-18(16)22-14-3-7-23(8-4-14)27(24,25)15-5-9-26-10-6-15/h1-2,11-12,14-15H,3-10H2,(H,20,21,22). The number of ether oxygens (including phenoxy) is 1. The smallest absolute Gasteiger partial charge is 0.217 e. The Morgan fingerprint density at radius 2 is 1.85 bits per heavy atom. The normalized spacial score (nSPS) is 20.8. The molecule has 2 aliphatic rings. The van der Waals surface area contributed by atoms with E-state index in [-0.39, 0.29) is 11.3 Å². The monoisotopic (exact) mass is 410 g/mol. The largest absolute Gasteiger partial charge is 0.381 e. The number of benzene rings is 1. The zero-order chi connectivity index (χ0) is 18.9. The van der Waals surface area contributed by atoms with Crippen LogP contribution in [0.15, 0.2) is 24.5 Å². The van der Waals surface area contributed by atoms with Gasteiger partial charge in [-0.3, -0.25) is 0 Å². The molecule has 1 aromatic carbocycles. The first-order valence-corrected chi connectivity index (χ1v) is 11.2. The lowest BCUT2D eigenvalue weighted by atomic mass is 10.1. The van der Waals surface area contributed by atoms with Crippen molar-refractivity contribution < 1.29 is 13.2 Å². The van der Waals surface area contributed by atoms with Gasteiger partial charge in [0.2, 0.25) is 10.0 Å². The predicted octanol–water partition coefficient (Wildman–Crippen LogP) is 2.67. The van der Waals surface area contributed by atoms with Crippen LogP contribution in [-0.4, -0.2) is 60.3 Å². The Hall–Kier alpha value is -1.48. The molecule has 2 aliphatic heterocycles. The van der Waals surface area contributed by atoms with Gasteiger partial charge in [0.1, 0.15) is 12.1 Å². The molecule has 4 rings (SSSR count). The van der Waals surface area contributed by atoms with Crippen LogP contribution in [0.3, 0.4) is 0 Å². The van der Waals surface area contributed by atoms with Crippen molar-refractivity contribution in [1.82, 2.24) is 14.3 Å². The highest BCUT2D eigenvalue weighted by Crippen LogP contribution is 2.27. The first-order chi connectivity index (χ1) is 13.0. The van der Waals surface area contributed by atoms with Gasteiger partial charge in [0, 0.05) is 42.8 Å². The number of sulfonamides is 1. The Kier molecular flexibility index (Phi) is 5.50. The summed E-state index contributed by atoms with van der Waals surface area (Å²) in [6.45, 7) is 2.14. The molecule has 2 aromatic rings. The first-order valence-electron chi connectivity index (χ1n) is 9.27. The van der Waals surface area contributed by atoms with Crippen LogP contribution in [-0.2, 0) is 14.8 Å². The molecule has 0 saturated carbocycles. The van der Waals surface area contributed by atoms with Crippen molar-refractivity contribution in [3.8, 4) is 0 Å². The minimum atomic E-state index is -3.24. The SMILES string of the molecule is O=S(=O)(C1CCOCC1)N1CCC(Nc2ncnc3cc(Cl)ccc23)CC1. The van der Waals surface area contributed by atoms with Gasteiger partial charge < -0.3 is 10.1 Å². The first kappa shape index (κ1) is 18.9. The fourth-order valence-electron chi connectivity index (χ4n) is 3.78. The third kappa shape index (κ3) is 4.03. The third-order valence-corrected chi connectivity index (χ3v) is 7.98. The van der Waals surface area contributed by atoms with E-state index in [1.54, 1.807) is 4.31 Å². The average Bonchev–Trinajstić information content (AvgIpc) is 2.69. The number of fused-ring (bicyclic) bond motifs is 1. The van der Waals surface area contributed by atoms with Crippen LogP contribution in [0.1, 0.15) is 25.7 Å². The summed E-state index contributed by atoms with van der Waals surface area (Å²) < 4.78 is 32.6. The van der Waals surface area contributed by atoms with Gasteiger partial charge in [-0.05, 0) is 43.9 Å². The average molecular weight is 411 g/mol. The van der Waals surface area contributed by atoms with Crippen molar-refractivity contribution >= 4 is 38.3 Å². The quantitative estimate of drug-likeness (QED) is 0.834. The van der Waals surface area contributed by atoms with Gasteiger partial charge in [-0.1, -0.05) is 11.6 Å². The number of aromatic nitrogens is 2. The highest BCUT2D eigenvalue weighted by Gasteiger charge is 2.35. The Balaban J connectivity index is 1.41. The Morgan fingerprint density at radius 1 is 1.11 bits per heavy atom. The molecular weight excluding hydrogens is 388 g/mol. The highest BCUT2D eigenvalue weighted by molar-refractivity contribution is 7.89. The second kappa shape index (κ2) is 7.87. The topological polar surface area (TPSA) is 84.4 Å². The van der Waals surface area contributed by atoms with E-state index in [1.165, 1.54) is 6.33 Å². The number of piperidine rings is 1. The van der Waals surface area contributed by atoms with E-state index in [0.29, 0.717) is 44.2 Å². The number of halogens is 1. The van der Waals surface area contributed by atoms with Crippen LogP contribution in [0, 0.1) is 0 Å². The molecule has 0 bridgehead atoms. The van der Waals surface area contributed by atoms with Gasteiger partial charge >= 0.3 is 0 Å². The van der Waals surface area contributed by atoms with E-state index in [9.17, 15) is 8.42 Å². The van der Waals surface area contributed by atoms with E-state index in [2.05, 4.69) is 15.3 Å². The summed E-state index contributed by atoms with van der Waals surface area (Å²) in [7, 11) is -3.24. The zero-order valence-electron chi connectivity index (χ0n) is 15.0. The molecule has 2 fully saturated rings. The van der Waals surface area contributed by atoms with Gasteiger partial charge in [0.05, 0.1) is 10.8 Å². The number of hydrogen-bond donors (Lipinski definition) is 1. The second-order valence-electron chi connectivity index (χ2n) is 7.06. The maximum atomic E-state index is 12.8. The molecule has 3 heterocycles. The van der Waals surface area contributed by atoms with Crippen LogP contribution in [0.5, 0.6) is 0 Å². The minimum Gasteiger partial charge on any atom is -0.381 e. The molecule has 0 atom stereocenters. The van der Waals surface area contributed by atoms with Gasteiger partial charge in [0.25, 0.3) is 0 Å². The predicted molar refractivity (Wildman–Crippen MR) is 106 cm³/mol. The molecule has 0 aliphatic carbocycles. The summed E-state index contributed by atoms with van der Waals surface area (Å²) in [6.07, 6.45) is 4.21. The lowest BCUT2D eigenvalue weighted by Gasteiger charge is -2.35. The van der Waals surface area contributed by atoms with Crippen molar-refractivity contribution in [1.29, 1.82) is 0 Å². The summed E-state index contributed by atoms with van der Waals surface area (Å²) in [5.41, 5.74) is 0.791. The fraction of sp³-hybridized carbons (Fsp3) is 0.556. The van der Waals surface area contributed by atoms with Crippen molar-refractivity contribution in [2.75, 3.05) is 31.6 Å². The number of nitrogens with one attached hydrogen (secondary N) is 1. The van der Waals surface area contributed by atoms with Crippen LogP contribution in [0.25, 0.3) is 10.9 Å². The highest BCUT2D eigenvalue weighted by atomic mass is 35.5. The van der Waals surface area contributed by atoms with Crippen molar-refractivity contribution in [2.24, 2.45) is 0 Å². The minimum absolute atomic E-state index is 0.180. The van der Waals surface area contributed by atoms with Gasteiger partial charge in [-0.25, -0.2) is 22.7 Å². The van der Waals surface area contributed by atoms with Crippen molar-refractivity contribution in [3.05, 3.63) is 29.5 Å². The maximum absolute atomic E-state index is 12.8. The number of anilines is 1. The summed E-state index contributed by atoms with van der Waals surface area (Å²) >= 11 is 6.03. The number of nitrogens with zero attached hydrogens (tertiary/aromatic N) is 3.